The van der Waals surface area contributed by atoms with Gasteiger partial charge in [0.1, 0.15) is 6.42 Å². The molecule has 1 unspecified atom stereocenters. The number of sulfone groups is 1. The first-order valence-electron chi connectivity index (χ1n) is 8.30. The molecule has 1 aliphatic heterocycles. The van der Waals surface area contributed by atoms with E-state index in [0.717, 1.165) is 5.56 Å². The summed E-state index contributed by atoms with van der Waals surface area (Å²) in [7, 11) is 0.0528. The third kappa shape index (κ3) is 5.91. The van der Waals surface area contributed by atoms with Crippen LogP contribution >= 0.6 is 0 Å². The Hall–Kier alpha value is -2.29. The molecule has 9 heteroatoms. The van der Waals surface area contributed by atoms with Gasteiger partial charge in [0.25, 0.3) is 0 Å². The van der Waals surface area contributed by atoms with Crippen molar-refractivity contribution in [1.82, 2.24) is 10.6 Å². The SMILES string of the molecule is COc1ccc(CCNC(=O)CC(=O)NC2CCS(=O)(=O)C2)cc1OC. The highest BCUT2D eigenvalue weighted by Gasteiger charge is 2.29. The Labute approximate surface area is 153 Å². The van der Waals surface area contributed by atoms with Gasteiger partial charge < -0.3 is 20.1 Å². The van der Waals surface area contributed by atoms with Crippen LogP contribution in [0.25, 0.3) is 0 Å². The second kappa shape index (κ2) is 8.88. The van der Waals surface area contributed by atoms with Crippen LogP contribution in [-0.2, 0) is 25.8 Å². The van der Waals surface area contributed by atoms with Gasteiger partial charge in [0.05, 0.1) is 25.7 Å². The number of rotatable bonds is 8. The lowest BCUT2D eigenvalue weighted by Gasteiger charge is -2.11. The maximum absolute atomic E-state index is 11.8. The van der Waals surface area contributed by atoms with E-state index >= 15 is 0 Å². The highest BCUT2D eigenvalue weighted by atomic mass is 32.2. The Morgan fingerprint density at radius 1 is 1.15 bits per heavy atom. The van der Waals surface area contributed by atoms with Crippen molar-refractivity contribution in [3.8, 4) is 11.5 Å². The predicted octanol–water partition coefficient (Wildman–Crippen LogP) is 0.0559. The van der Waals surface area contributed by atoms with Gasteiger partial charge in [0.15, 0.2) is 21.3 Å². The molecule has 1 aliphatic rings. The first kappa shape index (κ1) is 20.0. The van der Waals surface area contributed by atoms with E-state index < -0.39 is 27.7 Å². The number of nitrogens with one attached hydrogen (secondary N) is 2. The molecule has 1 aromatic rings. The highest BCUT2D eigenvalue weighted by Crippen LogP contribution is 2.27. The molecule has 0 aromatic heterocycles. The molecule has 2 rings (SSSR count). The van der Waals surface area contributed by atoms with Crippen molar-refractivity contribution in [2.75, 3.05) is 32.3 Å². The Morgan fingerprint density at radius 3 is 2.50 bits per heavy atom. The van der Waals surface area contributed by atoms with Gasteiger partial charge in [-0.2, -0.15) is 0 Å². The fourth-order valence-corrected chi connectivity index (χ4v) is 4.45. The molecule has 0 bridgehead atoms. The largest absolute Gasteiger partial charge is 0.493 e. The lowest BCUT2D eigenvalue weighted by molar-refractivity contribution is -0.129. The number of carbonyl (C=O) groups is 2. The third-order valence-corrected chi connectivity index (χ3v) is 5.87. The molecule has 1 heterocycles. The van der Waals surface area contributed by atoms with Crippen LogP contribution in [0.1, 0.15) is 18.4 Å². The highest BCUT2D eigenvalue weighted by molar-refractivity contribution is 7.91. The molecule has 8 nitrogen and oxygen atoms in total. The fraction of sp³-hybridized carbons (Fsp3) is 0.529. The van der Waals surface area contributed by atoms with Crippen molar-refractivity contribution in [2.45, 2.75) is 25.3 Å². The Kier molecular flexibility index (Phi) is 6.84. The van der Waals surface area contributed by atoms with Crippen molar-refractivity contribution >= 4 is 21.7 Å². The molecule has 0 saturated carbocycles. The van der Waals surface area contributed by atoms with E-state index in [0.29, 0.717) is 30.9 Å². The van der Waals surface area contributed by atoms with E-state index in [-0.39, 0.29) is 17.9 Å². The molecular formula is C17H24N2O6S. The van der Waals surface area contributed by atoms with Crippen LogP contribution in [0.2, 0.25) is 0 Å². The van der Waals surface area contributed by atoms with E-state index in [1.807, 2.05) is 12.1 Å². The molecule has 2 amide bonds. The molecule has 1 saturated heterocycles. The maximum atomic E-state index is 11.8. The summed E-state index contributed by atoms with van der Waals surface area (Å²) >= 11 is 0. The second-order valence-corrected chi connectivity index (χ2v) is 8.36. The van der Waals surface area contributed by atoms with Crippen molar-refractivity contribution in [3.63, 3.8) is 0 Å². The minimum atomic E-state index is -3.06. The zero-order valence-electron chi connectivity index (χ0n) is 14.9. The molecule has 1 aromatic carbocycles. The minimum Gasteiger partial charge on any atom is -0.493 e. The van der Waals surface area contributed by atoms with Crippen LogP contribution in [0.4, 0.5) is 0 Å². The van der Waals surface area contributed by atoms with Gasteiger partial charge in [-0.1, -0.05) is 6.07 Å². The summed E-state index contributed by atoms with van der Waals surface area (Å²) in [6.45, 7) is 0.374. The van der Waals surface area contributed by atoms with E-state index in [4.69, 9.17) is 9.47 Å². The summed E-state index contributed by atoms with van der Waals surface area (Å²) in [5.74, 6) is 0.405. The quantitative estimate of drug-likeness (QED) is 0.613. The standard InChI is InChI=1S/C17H24N2O6S/c1-24-14-4-3-12(9-15(14)25-2)5-7-18-16(20)10-17(21)19-13-6-8-26(22,23)11-13/h3-4,9,13H,5-8,10-11H2,1-2H3,(H,18,20)(H,19,21). The van der Waals surface area contributed by atoms with Gasteiger partial charge in [-0.25, -0.2) is 8.42 Å². The smallest absolute Gasteiger partial charge is 0.229 e. The summed E-state index contributed by atoms with van der Waals surface area (Å²) in [5, 5.41) is 5.27. The van der Waals surface area contributed by atoms with Crippen molar-refractivity contribution < 1.29 is 27.5 Å². The predicted molar refractivity (Wildman–Crippen MR) is 96.1 cm³/mol. The van der Waals surface area contributed by atoms with Gasteiger partial charge in [-0.3, -0.25) is 9.59 Å². The second-order valence-electron chi connectivity index (χ2n) is 6.13. The molecule has 2 N–H and O–H groups in total. The minimum absolute atomic E-state index is 0.0559. The maximum Gasteiger partial charge on any atom is 0.229 e. The van der Waals surface area contributed by atoms with E-state index in [1.165, 1.54) is 0 Å². The molecule has 0 radical (unpaired) electrons. The summed E-state index contributed by atoms with van der Waals surface area (Å²) in [5.41, 5.74) is 0.962. The summed E-state index contributed by atoms with van der Waals surface area (Å²) in [6.07, 6.45) is 0.659. The van der Waals surface area contributed by atoms with Crippen molar-refractivity contribution in [1.29, 1.82) is 0 Å². The number of ether oxygens (including phenoxy) is 2. The third-order valence-electron chi connectivity index (χ3n) is 4.10. The van der Waals surface area contributed by atoms with E-state index in [9.17, 15) is 18.0 Å². The average molecular weight is 384 g/mol. The van der Waals surface area contributed by atoms with Gasteiger partial charge in [0.2, 0.25) is 11.8 Å². The summed E-state index contributed by atoms with van der Waals surface area (Å²) in [4.78, 5) is 23.6. The number of amides is 2. The van der Waals surface area contributed by atoms with E-state index in [2.05, 4.69) is 10.6 Å². The van der Waals surface area contributed by atoms with Crippen molar-refractivity contribution in [2.24, 2.45) is 0 Å². The molecule has 0 spiro atoms. The van der Waals surface area contributed by atoms with Gasteiger partial charge in [-0.05, 0) is 30.5 Å². The normalized spacial score (nSPS) is 18.2. The number of benzene rings is 1. The Bertz CT molecular complexity index is 763. The molecule has 26 heavy (non-hydrogen) atoms. The zero-order chi connectivity index (χ0) is 19.2. The molecule has 0 aliphatic carbocycles. The number of hydrogen-bond donors (Lipinski definition) is 2. The van der Waals surface area contributed by atoms with Crippen LogP contribution < -0.4 is 20.1 Å². The van der Waals surface area contributed by atoms with Gasteiger partial charge in [-0.15, -0.1) is 0 Å². The Balaban J connectivity index is 1.72. The van der Waals surface area contributed by atoms with Crippen LogP contribution in [-0.4, -0.2) is 58.5 Å². The lowest BCUT2D eigenvalue weighted by atomic mass is 10.1. The molecule has 1 atom stereocenters. The summed E-state index contributed by atoms with van der Waals surface area (Å²) in [6, 6.07) is 5.10. The van der Waals surface area contributed by atoms with Crippen LogP contribution in [0, 0.1) is 0 Å². The van der Waals surface area contributed by atoms with Crippen LogP contribution in [0.5, 0.6) is 11.5 Å². The number of methoxy groups -OCH3 is 2. The number of carbonyl (C=O) groups excluding carboxylic acids is 2. The van der Waals surface area contributed by atoms with Crippen LogP contribution in [0.3, 0.4) is 0 Å². The van der Waals surface area contributed by atoms with Gasteiger partial charge in [0, 0.05) is 12.6 Å². The number of hydrogen-bond acceptors (Lipinski definition) is 6. The molecular weight excluding hydrogens is 360 g/mol. The first-order valence-corrected chi connectivity index (χ1v) is 10.1. The fourth-order valence-electron chi connectivity index (χ4n) is 2.78. The first-order chi connectivity index (χ1) is 12.3. The molecule has 1 fully saturated rings. The topological polar surface area (TPSA) is 111 Å². The monoisotopic (exact) mass is 384 g/mol. The average Bonchev–Trinajstić information content (AvgIpc) is 2.92. The lowest BCUT2D eigenvalue weighted by Crippen LogP contribution is -2.39. The van der Waals surface area contributed by atoms with Crippen molar-refractivity contribution in [3.05, 3.63) is 23.8 Å². The van der Waals surface area contributed by atoms with E-state index in [1.54, 1.807) is 20.3 Å². The molecule has 144 valence electrons. The van der Waals surface area contributed by atoms with Gasteiger partial charge >= 0.3 is 0 Å². The Morgan fingerprint density at radius 2 is 1.88 bits per heavy atom. The van der Waals surface area contributed by atoms with Crippen LogP contribution in [0.15, 0.2) is 18.2 Å². The summed E-state index contributed by atoms with van der Waals surface area (Å²) < 4.78 is 33.1. The zero-order valence-corrected chi connectivity index (χ0v) is 15.7.